The molecule has 1 atom stereocenters. The summed E-state index contributed by atoms with van der Waals surface area (Å²) in [5, 5.41) is 0.951. The van der Waals surface area contributed by atoms with Crippen LogP contribution in [-0.2, 0) is 6.54 Å². The third-order valence-corrected chi connectivity index (χ3v) is 5.80. The monoisotopic (exact) mass is 454 g/mol. The number of thioether (sulfide) groups is 1. The molecule has 2 aromatic carbocycles. The summed E-state index contributed by atoms with van der Waals surface area (Å²) in [5.74, 6) is 0. The molecule has 3 aromatic rings. The van der Waals surface area contributed by atoms with E-state index in [4.69, 9.17) is 23.2 Å². The Morgan fingerprint density at radius 1 is 1.20 bits per heavy atom. The molecule has 1 unspecified atom stereocenters. The third-order valence-electron chi connectivity index (χ3n) is 3.57. The lowest BCUT2D eigenvalue weighted by Gasteiger charge is -2.18. The molecule has 0 aliphatic rings. The highest BCUT2D eigenvalue weighted by Crippen LogP contribution is 2.38. The highest BCUT2D eigenvalue weighted by molar-refractivity contribution is 9.10. The van der Waals surface area contributed by atoms with Gasteiger partial charge in [0.2, 0.25) is 5.12 Å². The highest BCUT2D eigenvalue weighted by Gasteiger charge is 2.21. The molecule has 0 fully saturated rings. The predicted octanol–water partition coefficient (Wildman–Crippen LogP) is 6.27. The quantitative estimate of drug-likeness (QED) is 0.454. The Labute approximate surface area is 168 Å². The lowest BCUT2D eigenvalue weighted by Crippen LogP contribution is -2.08. The Bertz CT molecular complexity index is 869. The second kappa shape index (κ2) is 8.41. The van der Waals surface area contributed by atoms with E-state index in [-0.39, 0.29) is 10.4 Å². The van der Waals surface area contributed by atoms with Gasteiger partial charge < -0.3 is 4.57 Å². The van der Waals surface area contributed by atoms with Crippen LogP contribution in [0.25, 0.3) is 0 Å². The molecule has 25 heavy (non-hydrogen) atoms. The Morgan fingerprint density at radius 2 is 1.96 bits per heavy atom. The zero-order valence-electron chi connectivity index (χ0n) is 12.9. The Hall–Kier alpha value is -1.27. The van der Waals surface area contributed by atoms with E-state index < -0.39 is 0 Å². The van der Waals surface area contributed by atoms with Crippen LogP contribution in [0.5, 0.6) is 0 Å². The fraction of sp³-hybridized carbons (Fsp3) is 0.111. The van der Waals surface area contributed by atoms with Crippen molar-refractivity contribution in [2.24, 2.45) is 0 Å². The zero-order valence-corrected chi connectivity index (χ0v) is 16.8. The van der Waals surface area contributed by atoms with Gasteiger partial charge in [0.25, 0.3) is 0 Å². The molecule has 0 saturated carbocycles. The van der Waals surface area contributed by atoms with Crippen molar-refractivity contribution in [3.05, 3.63) is 86.8 Å². The first-order valence-electron chi connectivity index (χ1n) is 7.40. The number of halogens is 3. The van der Waals surface area contributed by atoms with Gasteiger partial charge in [0.05, 0.1) is 11.6 Å². The van der Waals surface area contributed by atoms with Crippen LogP contribution in [0.15, 0.2) is 65.7 Å². The molecule has 0 radical (unpaired) electrons. The minimum atomic E-state index is -0.157. The first-order valence-corrected chi connectivity index (χ1v) is 9.83. The van der Waals surface area contributed by atoms with Crippen LogP contribution in [0.4, 0.5) is 0 Å². The maximum atomic E-state index is 12.7. The number of carbonyl (C=O) groups excluding carboxylic acids is 1. The molecule has 0 saturated heterocycles. The van der Waals surface area contributed by atoms with E-state index in [2.05, 4.69) is 20.9 Å². The smallest absolute Gasteiger partial charge is 0.220 e. The molecular formula is C18H13BrCl2N2OS. The molecule has 0 amide bonds. The molecule has 0 aliphatic carbocycles. The average Bonchev–Trinajstić information content (AvgIpc) is 3.08. The molecule has 128 valence electrons. The minimum Gasteiger partial charge on any atom is -0.336 e. The SMILES string of the molecule is O=C(SC(Cn1ccnc1)c1ccc(Cl)cc1Cl)c1ccc(Br)cc1. The Kier molecular flexibility index (Phi) is 6.23. The lowest BCUT2D eigenvalue weighted by molar-refractivity contribution is 0.108. The summed E-state index contributed by atoms with van der Waals surface area (Å²) in [6.45, 7) is 0.578. The normalized spacial score (nSPS) is 12.1. The van der Waals surface area contributed by atoms with Crippen molar-refractivity contribution in [1.29, 1.82) is 0 Å². The van der Waals surface area contributed by atoms with Gasteiger partial charge in [-0.1, -0.05) is 57.0 Å². The molecular weight excluding hydrogens is 443 g/mol. The summed E-state index contributed by atoms with van der Waals surface area (Å²) in [6, 6.07) is 12.7. The molecule has 3 nitrogen and oxygen atoms in total. The van der Waals surface area contributed by atoms with Crippen LogP contribution in [0.1, 0.15) is 21.2 Å². The number of carbonyl (C=O) groups is 1. The molecule has 0 bridgehead atoms. The van der Waals surface area contributed by atoms with Gasteiger partial charge in [-0.15, -0.1) is 0 Å². The van der Waals surface area contributed by atoms with Crippen molar-refractivity contribution in [3.8, 4) is 0 Å². The number of hydrogen-bond acceptors (Lipinski definition) is 3. The molecule has 3 rings (SSSR count). The topological polar surface area (TPSA) is 34.9 Å². The minimum absolute atomic E-state index is 0.0105. The molecule has 1 aromatic heterocycles. The number of benzene rings is 2. The van der Waals surface area contributed by atoms with E-state index in [1.807, 2.05) is 29.0 Å². The van der Waals surface area contributed by atoms with Gasteiger partial charge >= 0.3 is 0 Å². The summed E-state index contributed by atoms with van der Waals surface area (Å²) >= 11 is 17.0. The van der Waals surface area contributed by atoms with Gasteiger partial charge in [-0.3, -0.25) is 4.79 Å². The molecule has 1 heterocycles. The first kappa shape index (κ1) is 18.5. The number of hydrogen-bond donors (Lipinski definition) is 0. The van der Waals surface area contributed by atoms with Crippen LogP contribution in [0, 0.1) is 0 Å². The largest absolute Gasteiger partial charge is 0.336 e. The van der Waals surface area contributed by atoms with Crippen molar-refractivity contribution < 1.29 is 4.79 Å². The first-order chi connectivity index (χ1) is 12.0. The van der Waals surface area contributed by atoms with Crippen molar-refractivity contribution in [3.63, 3.8) is 0 Å². The van der Waals surface area contributed by atoms with Crippen molar-refractivity contribution >= 4 is 56.0 Å². The van der Waals surface area contributed by atoms with Gasteiger partial charge in [0.1, 0.15) is 0 Å². The number of aromatic nitrogens is 2. The maximum absolute atomic E-state index is 12.7. The maximum Gasteiger partial charge on any atom is 0.220 e. The van der Waals surface area contributed by atoms with E-state index in [1.54, 1.807) is 36.8 Å². The second-order valence-electron chi connectivity index (χ2n) is 5.33. The van der Waals surface area contributed by atoms with E-state index in [1.165, 1.54) is 11.8 Å². The fourth-order valence-electron chi connectivity index (χ4n) is 2.33. The van der Waals surface area contributed by atoms with E-state index in [0.29, 0.717) is 22.2 Å². The van der Waals surface area contributed by atoms with Crippen LogP contribution in [0.2, 0.25) is 10.0 Å². The summed E-state index contributed by atoms with van der Waals surface area (Å²) < 4.78 is 2.86. The summed E-state index contributed by atoms with van der Waals surface area (Å²) in [7, 11) is 0. The highest BCUT2D eigenvalue weighted by atomic mass is 79.9. The van der Waals surface area contributed by atoms with Crippen molar-refractivity contribution in [2.75, 3.05) is 0 Å². The van der Waals surface area contributed by atoms with Gasteiger partial charge in [-0.2, -0.15) is 0 Å². The van der Waals surface area contributed by atoms with Gasteiger partial charge in [-0.25, -0.2) is 4.98 Å². The van der Waals surface area contributed by atoms with Gasteiger partial charge in [-0.05, 0) is 42.0 Å². The van der Waals surface area contributed by atoms with Crippen molar-refractivity contribution in [1.82, 2.24) is 9.55 Å². The fourth-order valence-corrected chi connectivity index (χ4v) is 4.31. The second-order valence-corrected chi connectivity index (χ2v) is 8.26. The summed E-state index contributed by atoms with van der Waals surface area (Å²) in [4.78, 5) is 16.8. The number of nitrogens with zero attached hydrogens (tertiary/aromatic N) is 2. The number of imidazole rings is 1. The van der Waals surface area contributed by atoms with E-state index in [0.717, 1.165) is 10.0 Å². The zero-order chi connectivity index (χ0) is 17.8. The molecule has 0 spiro atoms. The number of rotatable bonds is 5. The molecule has 0 N–H and O–H groups in total. The average molecular weight is 456 g/mol. The van der Waals surface area contributed by atoms with Crippen LogP contribution < -0.4 is 0 Å². The summed E-state index contributed by atoms with van der Waals surface area (Å²) in [6.07, 6.45) is 5.30. The molecule has 0 aliphatic heterocycles. The Morgan fingerprint density at radius 3 is 2.60 bits per heavy atom. The Balaban J connectivity index is 1.87. The van der Waals surface area contributed by atoms with Gasteiger partial charge in [0.15, 0.2) is 0 Å². The van der Waals surface area contributed by atoms with Crippen LogP contribution in [-0.4, -0.2) is 14.7 Å². The van der Waals surface area contributed by atoms with E-state index >= 15 is 0 Å². The van der Waals surface area contributed by atoms with Crippen LogP contribution >= 0.6 is 50.9 Å². The standard InChI is InChI=1S/C18H13BrCl2N2OS/c19-13-3-1-12(2-4-13)18(24)25-17(10-23-8-7-22-11-23)15-6-5-14(20)9-16(15)21/h1-9,11,17H,10H2. The summed E-state index contributed by atoms with van der Waals surface area (Å²) in [5.41, 5.74) is 1.52. The molecule has 7 heteroatoms. The lowest BCUT2D eigenvalue weighted by atomic mass is 10.1. The van der Waals surface area contributed by atoms with E-state index in [9.17, 15) is 4.79 Å². The van der Waals surface area contributed by atoms with Crippen LogP contribution in [0.3, 0.4) is 0 Å². The van der Waals surface area contributed by atoms with Crippen molar-refractivity contribution in [2.45, 2.75) is 11.8 Å². The van der Waals surface area contributed by atoms with Gasteiger partial charge in [0, 0.05) is 39.0 Å². The third kappa shape index (κ3) is 4.88. The predicted molar refractivity (Wildman–Crippen MR) is 107 cm³/mol.